The molecule has 2 aromatic rings. The Bertz CT molecular complexity index is 721. The van der Waals surface area contributed by atoms with E-state index < -0.39 is 10.0 Å². The molecule has 0 aliphatic carbocycles. The summed E-state index contributed by atoms with van der Waals surface area (Å²) in [4.78, 5) is 2.68. The Morgan fingerprint density at radius 2 is 1.86 bits per heavy atom. The maximum atomic E-state index is 11.3. The average Bonchev–Trinajstić information content (AvgIpc) is 2.86. The van der Waals surface area contributed by atoms with E-state index in [0.29, 0.717) is 5.69 Å². The molecule has 0 spiro atoms. The van der Waals surface area contributed by atoms with E-state index in [2.05, 4.69) is 29.1 Å². The molecular formula is C15H20N2O2S2. The van der Waals surface area contributed by atoms with Gasteiger partial charge in [-0.15, -0.1) is 11.3 Å². The van der Waals surface area contributed by atoms with Crippen molar-refractivity contribution in [3.05, 3.63) is 45.6 Å². The standard InChI is InChI=1S/C15H20N2O2S2/c1-4-13-6-7-14(20-13)10-16-12-5-8-15(11(2)9-12)17-21(3,18)19/h5-9,16-17H,4,10H2,1-3H3. The van der Waals surface area contributed by atoms with E-state index in [1.807, 2.05) is 30.4 Å². The second-order valence-electron chi connectivity index (χ2n) is 4.98. The molecule has 1 heterocycles. The SMILES string of the molecule is CCc1ccc(CNc2ccc(NS(C)(=O)=O)c(C)c2)s1. The molecule has 2 rings (SSSR count). The predicted octanol–water partition coefficient (Wildman–Crippen LogP) is 3.60. The first-order valence-corrected chi connectivity index (χ1v) is 9.48. The van der Waals surface area contributed by atoms with Crippen molar-refractivity contribution in [2.45, 2.75) is 26.8 Å². The van der Waals surface area contributed by atoms with Gasteiger partial charge in [0, 0.05) is 22.0 Å². The summed E-state index contributed by atoms with van der Waals surface area (Å²) in [5, 5.41) is 3.36. The molecule has 6 heteroatoms. The molecule has 0 radical (unpaired) electrons. The Kier molecular flexibility index (Phi) is 4.90. The smallest absolute Gasteiger partial charge is 0.229 e. The summed E-state index contributed by atoms with van der Waals surface area (Å²) < 4.78 is 25.0. The van der Waals surface area contributed by atoms with E-state index in [4.69, 9.17) is 0 Å². The fourth-order valence-corrected chi connectivity index (χ4v) is 3.51. The zero-order chi connectivity index (χ0) is 15.5. The molecule has 0 saturated carbocycles. The van der Waals surface area contributed by atoms with Gasteiger partial charge in [0.25, 0.3) is 0 Å². The van der Waals surface area contributed by atoms with Gasteiger partial charge in [-0.3, -0.25) is 4.72 Å². The van der Waals surface area contributed by atoms with Gasteiger partial charge in [0.1, 0.15) is 0 Å². The van der Waals surface area contributed by atoms with Crippen molar-refractivity contribution in [2.75, 3.05) is 16.3 Å². The van der Waals surface area contributed by atoms with Crippen molar-refractivity contribution >= 4 is 32.7 Å². The van der Waals surface area contributed by atoms with E-state index in [1.165, 1.54) is 9.75 Å². The normalized spacial score (nSPS) is 11.4. The van der Waals surface area contributed by atoms with Gasteiger partial charge in [-0.05, 0) is 49.2 Å². The van der Waals surface area contributed by atoms with Crippen LogP contribution in [0, 0.1) is 6.92 Å². The molecule has 0 atom stereocenters. The van der Waals surface area contributed by atoms with Crippen LogP contribution < -0.4 is 10.0 Å². The largest absolute Gasteiger partial charge is 0.380 e. The van der Waals surface area contributed by atoms with Crippen LogP contribution in [-0.2, 0) is 23.0 Å². The maximum absolute atomic E-state index is 11.3. The minimum absolute atomic E-state index is 0.618. The first-order chi connectivity index (χ1) is 9.87. The highest BCUT2D eigenvalue weighted by Gasteiger charge is 2.06. The van der Waals surface area contributed by atoms with E-state index >= 15 is 0 Å². The fraction of sp³-hybridized carbons (Fsp3) is 0.333. The third kappa shape index (κ3) is 4.75. The van der Waals surface area contributed by atoms with E-state index in [0.717, 1.165) is 30.5 Å². The van der Waals surface area contributed by atoms with Gasteiger partial charge >= 0.3 is 0 Å². The number of anilines is 2. The molecule has 0 unspecified atom stereocenters. The van der Waals surface area contributed by atoms with Gasteiger partial charge in [-0.2, -0.15) is 0 Å². The van der Waals surface area contributed by atoms with E-state index in [-0.39, 0.29) is 0 Å². The minimum Gasteiger partial charge on any atom is -0.380 e. The third-order valence-corrected chi connectivity index (χ3v) is 4.87. The molecule has 1 aromatic heterocycles. The molecule has 2 N–H and O–H groups in total. The van der Waals surface area contributed by atoms with Crippen molar-refractivity contribution in [3.63, 3.8) is 0 Å². The number of hydrogen-bond acceptors (Lipinski definition) is 4. The number of hydrogen-bond donors (Lipinski definition) is 2. The monoisotopic (exact) mass is 324 g/mol. The topological polar surface area (TPSA) is 58.2 Å². The highest BCUT2D eigenvalue weighted by Crippen LogP contribution is 2.22. The number of thiophene rings is 1. The molecule has 4 nitrogen and oxygen atoms in total. The van der Waals surface area contributed by atoms with Gasteiger partial charge in [0.15, 0.2) is 0 Å². The van der Waals surface area contributed by atoms with Crippen LogP contribution in [0.5, 0.6) is 0 Å². The van der Waals surface area contributed by atoms with Gasteiger partial charge in [0.05, 0.1) is 11.9 Å². The molecule has 21 heavy (non-hydrogen) atoms. The summed E-state index contributed by atoms with van der Waals surface area (Å²) >= 11 is 1.81. The Hall–Kier alpha value is -1.53. The summed E-state index contributed by atoms with van der Waals surface area (Å²) in [5.74, 6) is 0. The lowest BCUT2D eigenvalue weighted by Gasteiger charge is -2.11. The molecule has 0 aliphatic heterocycles. The molecule has 0 fully saturated rings. The number of aryl methyl sites for hydroxylation is 2. The van der Waals surface area contributed by atoms with E-state index in [1.54, 1.807) is 6.07 Å². The number of rotatable bonds is 6. The number of sulfonamides is 1. The van der Waals surface area contributed by atoms with Crippen molar-refractivity contribution in [3.8, 4) is 0 Å². The van der Waals surface area contributed by atoms with Crippen molar-refractivity contribution in [1.29, 1.82) is 0 Å². The second-order valence-corrected chi connectivity index (χ2v) is 7.98. The molecule has 114 valence electrons. The van der Waals surface area contributed by atoms with Crippen molar-refractivity contribution in [2.24, 2.45) is 0 Å². The van der Waals surface area contributed by atoms with Crippen LogP contribution in [-0.4, -0.2) is 14.7 Å². The summed E-state index contributed by atoms with van der Waals surface area (Å²) in [6, 6.07) is 9.91. The average molecular weight is 324 g/mol. The summed E-state index contributed by atoms with van der Waals surface area (Å²) in [6.45, 7) is 4.82. The lowest BCUT2D eigenvalue weighted by Crippen LogP contribution is -2.10. The van der Waals surface area contributed by atoms with E-state index in [9.17, 15) is 8.42 Å². The van der Waals surface area contributed by atoms with Gasteiger partial charge < -0.3 is 5.32 Å². The Labute approximate surface area is 130 Å². The quantitative estimate of drug-likeness (QED) is 0.853. The first-order valence-electron chi connectivity index (χ1n) is 6.77. The summed E-state index contributed by atoms with van der Waals surface area (Å²) in [5.41, 5.74) is 2.50. The lowest BCUT2D eigenvalue weighted by atomic mass is 10.2. The van der Waals surface area contributed by atoms with Crippen LogP contribution in [0.15, 0.2) is 30.3 Å². The highest BCUT2D eigenvalue weighted by molar-refractivity contribution is 7.92. The Balaban J connectivity index is 2.03. The van der Waals surface area contributed by atoms with Crippen LogP contribution in [0.2, 0.25) is 0 Å². The number of nitrogens with one attached hydrogen (secondary N) is 2. The Morgan fingerprint density at radius 1 is 1.14 bits per heavy atom. The summed E-state index contributed by atoms with van der Waals surface area (Å²) in [6.07, 6.45) is 2.22. The molecular weight excluding hydrogens is 304 g/mol. The van der Waals surface area contributed by atoms with Crippen LogP contribution in [0.4, 0.5) is 11.4 Å². The number of benzene rings is 1. The van der Waals surface area contributed by atoms with Crippen LogP contribution in [0.1, 0.15) is 22.2 Å². The second kappa shape index (κ2) is 6.49. The molecule has 1 aromatic carbocycles. The van der Waals surface area contributed by atoms with Gasteiger partial charge in [-0.25, -0.2) is 8.42 Å². The molecule has 0 bridgehead atoms. The molecule has 0 aliphatic rings. The zero-order valence-electron chi connectivity index (χ0n) is 12.4. The van der Waals surface area contributed by atoms with Crippen LogP contribution in [0.3, 0.4) is 0 Å². The minimum atomic E-state index is -3.24. The van der Waals surface area contributed by atoms with Crippen LogP contribution in [0.25, 0.3) is 0 Å². The van der Waals surface area contributed by atoms with Gasteiger partial charge in [0.2, 0.25) is 10.0 Å². The summed E-state index contributed by atoms with van der Waals surface area (Å²) in [7, 11) is -3.24. The van der Waals surface area contributed by atoms with Gasteiger partial charge in [-0.1, -0.05) is 6.92 Å². The van der Waals surface area contributed by atoms with Crippen LogP contribution >= 0.6 is 11.3 Å². The maximum Gasteiger partial charge on any atom is 0.229 e. The lowest BCUT2D eigenvalue weighted by molar-refractivity contribution is 0.607. The fourth-order valence-electron chi connectivity index (χ4n) is 1.98. The predicted molar refractivity (Wildman–Crippen MR) is 90.7 cm³/mol. The Morgan fingerprint density at radius 3 is 2.43 bits per heavy atom. The molecule has 0 saturated heterocycles. The zero-order valence-corrected chi connectivity index (χ0v) is 14.1. The van der Waals surface area contributed by atoms with Crippen molar-refractivity contribution < 1.29 is 8.42 Å². The van der Waals surface area contributed by atoms with Crippen molar-refractivity contribution in [1.82, 2.24) is 0 Å². The molecule has 0 amide bonds. The third-order valence-electron chi connectivity index (χ3n) is 3.05. The highest BCUT2D eigenvalue weighted by atomic mass is 32.2. The first kappa shape index (κ1) is 15.9.